The number of anilines is 1. The van der Waals surface area contributed by atoms with Crippen LogP contribution >= 0.6 is 11.3 Å². The van der Waals surface area contributed by atoms with E-state index < -0.39 is 0 Å². The van der Waals surface area contributed by atoms with Crippen molar-refractivity contribution in [1.29, 1.82) is 0 Å². The predicted molar refractivity (Wildman–Crippen MR) is 87.6 cm³/mol. The molecule has 1 aromatic heterocycles. The van der Waals surface area contributed by atoms with Crippen molar-refractivity contribution in [2.75, 3.05) is 11.9 Å². The maximum absolute atomic E-state index is 3.81. The lowest BCUT2D eigenvalue weighted by atomic mass is 9.93. The van der Waals surface area contributed by atoms with Crippen molar-refractivity contribution in [2.24, 2.45) is 5.92 Å². The summed E-state index contributed by atoms with van der Waals surface area (Å²) in [5, 5.41) is 11.1. The van der Waals surface area contributed by atoms with Crippen LogP contribution < -0.4 is 10.6 Å². The number of rotatable bonds is 3. The average molecular weight is 286 g/mol. The van der Waals surface area contributed by atoms with Gasteiger partial charge in [0.25, 0.3) is 0 Å². The van der Waals surface area contributed by atoms with Crippen molar-refractivity contribution in [3.63, 3.8) is 0 Å². The van der Waals surface area contributed by atoms with Crippen LogP contribution in [0, 0.1) is 5.92 Å². The van der Waals surface area contributed by atoms with Crippen LogP contribution in [0.5, 0.6) is 0 Å². The van der Waals surface area contributed by atoms with E-state index in [1.807, 2.05) is 11.3 Å². The topological polar surface area (TPSA) is 24.1 Å². The van der Waals surface area contributed by atoms with Gasteiger partial charge in [-0.25, -0.2) is 0 Å². The molecule has 0 amide bonds. The highest BCUT2D eigenvalue weighted by atomic mass is 32.1. The Morgan fingerprint density at radius 1 is 1.10 bits per heavy atom. The van der Waals surface area contributed by atoms with E-state index in [2.05, 4.69) is 40.3 Å². The largest absolute Gasteiger partial charge is 0.382 e. The van der Waals surface area contributed by atoms with Crippen molar-refractivity contribution in [2.45, 2.75) is 44.2 Å². The fourth-order valence-corrected chi connectivity index (χ4v) is 4.77. The molecule has 3 heteroatoms. The van der Waals surface area contributed by atoms with Gasteiger partial charge in [0.1, 0.15) is 0 Å². The molecule has 4 rings (SSSR count). The quantitative estimate of drug-likeness (QED) is 0.882. The standard InChI is InChI=1S/C17H22N2S/c1-3-14(15-5-2-9-18-15)16(4-1)19-13-6-7-17-12(11-13)8-10-20-17/h6-8,10-11,14-16,18-19H,1-5,9H2. The predicted octanol–water partition coefficient (Wildman–Crippen LogP) is 4.23. The first-order chi connectivity index (χ1) is 9.90. The second-order valence-corrected chi connectivity index (χ2v) is 7.17. The minimum absolute atomic E-state index is 0.654. The molecule has 106 valence electrons. The second kappa shape index (κ2) is 5.38. The molecular weight excluding hydrogens is 264 g/mol. The minimum Gasteiger partial charge on any atom is -0.382 e. The smallest absolute Gasteiger partial charge is 0.0349 e. The summed E-state index contributed by atoms with van der Waals surface area (Å²) in [5.41, 5.74) is 1.30. The Balaban J connectivity index is 1.51. The molecule has 3 atom stereocenters. The Bertz CT molecular complexity index is 585. The fourth-order valence-electron chi connectivity index (χ4n) is 4.00. The van der Waals surface area contributed by atoms with Gasteiger partial charge in [-0.15, -0.1) is 11.3 Å². The van der Waals surface area contributed by atoms with Gasteiger partial charge in [-0.1, -0.05) is 6.42 Å². The van der Waals surface area contributed by atoms with Crippen molar-refractivity contribution in [3.8, 4) is 0 Å². The molecule has 1 aliphatic carbocycles. The minimum atomic E-state index is 0.654. The monoisotopic (exact) mass is 286 g/mol. The molecule has 0 radical (unpaired) electrons. The van der Waals surface area contributed by atoms with Crippen LogP contribution in [0.25, 0.3) is 10.1 Å². The van der Waals surface area contributed by atoms with E-state index in [-0.39, 0.29) is 0 Å². The van der Waals surface area contributed by atoms with Gasteiger partial charge in [0, 0.05) is 22.5 Å². The molecular formula is C17H22N2S. The summed E-state index contributed by atoms with van der Waals surface area (Å²) in [5.74, 6) is 0.815. The Labute approximate surface area is 124 Å². The van der Waals surface area contributed by atoms with Crippen LogP contribution in [-0.4, -0.2) is 18.6 Å². The summed E-state index contributed by atoms with van der Waals surface area (Å²) >= 11 is 1.82. The summed E-state index contributed by atoms with van der Waals surface area (Å²) in [6, 6.07) is 10.4. The maximum atomic E-state index is 3.81. The first-order valence-corrected chi connectivity index (χ1v) is 8.75. The van der Waals surface area contributed by atoms with Gasteiger partial charge < -0.3 is 10.6 Å². The van der Waals surface area contributed by atoms with Crippen LogP contribution in [-0.2, 0) is 0 Å². The third kappa shape index (κ3) is 2.33. The van der Waals surface area contributed by atoms with Crippen molar-refractivity contribution in [1.82, 2.24) is 5.32 Å². The summed E-state index contributed by atoms with van der Waals surface area (Å²) < 4.78 is 1.39. The molecule has 0 bridgehead atoms. The normalized spacial score (nSPS) is 30.1. The van der Waals surface area contributed by atoms with Gasteiger partial charge in [0.2, 0.25) is 0 Å². The Morgan fingerprint density at radius 2 is 2.10 bits per heavy atom. The van der Waals surface area contributed by atoms with Gasteiger partial charge in [-0.05, 0) is 73.2 Å². The Morgan fingerprint density at radius 3 is 3.00 bits per heavy atom. The Hall–Kier alpha value is -1.06. The molecule has 1 aliphatic heterocycles. The molecule has 2 nitrogen and oxygen atoms in total. The number of nitrogens with one attached hydrogen (secondary N) is 2. The van der Waals surface area contributed by atoms with E-state index >= 15 is 0 Å². The molecule has 1 aromatic carbocycles. The van der Waals surface area contributed by atoms with E-state index in [9.17, 15) is 0 Å². The Kier molecular flexibility index (Phi) is 3.41. The van der Waals surface area contributed by atoms with E-state index in [0.29, 0.717) is 6.04 Å². The maximum Gasteiger partial charge on any atom is 0.0349 e. The lowest BCUT2D eigenvalue weighted by Crippen LogP contribution is -2.38. The third-order valence-corrected chi connectivity index (χ3v) is 5.89. The van der Waals surface area contributed by atoms with Gasteiger partial charge in [0.05, 0.1) is 0 Å². The number of thiophene rings is 1. The zero-order valence-corrected chi connectivity index (χ0v) is 12.6. The van der Waals surface area contributed by atoms with Gasteiger partial charge in [-0.3, -0.25) is 0 Å². The van der Waals surface area contributed by atoms with E-state index in [0.717, 1.165) is 12.0 Å². The lowest BCUT2D eigenvalue weighted by molar-refractivity contribution is 0.376. The molecule has 2 fully saturated rings. The van der Waals surface area contributed by atoms with Crippen molar-refractivity contribution in [3.05, 3.63) is 29.6 Å². The summed E-state index contributed by atoms with van der Waals surface area (Å²) in [6.45, 7) is 1.22. The highest BCUT2D eigenvalue weighted by molar-refractivity contribution is 7.17. The second-order valence-electron chi connectivity index (χ2n) is 6.22. The molecule has 1 saturated carbocycles. The van der Waals surface area contributed by atoms with Crippen LogP contribution in [0.2, 0.25) is 0 Å². The molecule has 2 N–H and O–H groups in total. The molecule has 2 aromatic rings. The first kappa shape index (κ1) is 12.7. The van der Waals surface area contributed by atoms with Crippen molar-refractivity contribution >= 4 is 27.1 Å². The lowest BCUT2D eigenvalue weighted by Gasteiger charge is -2.27. The zero-order chi connectivity index (χ0) is 13.4. The third-order valence-electron chi connectivity index (χ3n) is 4.99. The molecule has 0 spiro atoms. The fraction of sp³-hybridized carbons (Fsp3) is 0.529. The van der Waals surface area contributed by atoms with Crippen LogP contribution in [0.4, 0.5) is 5.69 Å². The highest BCUT2D eigenvalue weighted by Gasteiger charge is 2.34. The van der Waals surface area contributed by atoms with E-state index in [1.165, 1.54) is 54.4 Å². The van der Waals surface area contributed by atoms with E-state index in [1.54, 1.807) is 0 Å². The summed E-state index contributed by atoms with van der Waals surface area (Å²) in [4.78, 5) is 0. The molecule has 2 heterocycles. The molecule has 1 saturated heterocycles. The van der Waals surface area contributed by atoms with Gasteiger partial charge in [0.15, 0.2) is 0 Å². The average Bonchev–Trinajstić information content (AvgIpc) is 3.19. The van der Waals surface area contributed by atoms with Crippen LogP contribution in [0.1, 0.15) is 32.1 Å². The number of hydrogen-bond acceptors (Lipinski definition) is 3. The number of fused-ring (bicyclic) bond motifs is 1. The number of hydrogen-bond donors (Lipinski definition) is 2. The zero-order valence-electron chi connectivity index (χ0n) is 11.8. The van der Waals surface area contributed by atoms with Crippen LogP contribution in [0.15, 0.2) is 29.6 Å². The summed E-state index contributed by atoms with van der Waals surface area (Å²) in [6.07, 6.45) is 6.81. The van der Waals surface area contributed by atoms with Gasteiger partial charge >= 0.3 is 0 Å². The molecule has 20 heavy (non-hydrogen) atoms. The van der Waals surface area contributed by atoms with Gasteiger partial charge in [-0.2, -0.15) is 0 Å². The highest BCUT2D eigenvalue weighted by Crippen LogP contribution is 2.34. The summed E-state index contributed by atoms with van der Waals surface area (Å²) in [7, 11) is 0. The first-order valence-electron chi connectivity index (χ1n) is 7.87. The van der Waals surface area contributed by atoms with Crippen LogP contribution in [0.3, 0.4) is 0 Å². The SMILES string of the molecule is c1cc2cc(NC3CCCC3C3CCCN3)ccc2s1. The molecule has 3 unspecified atom stereocenters. The van der Waals surface area contributed by atoms with Crippen molar-refractivity contribution < 1.29 is 0 Å². The molecule has 2 aliphatic rings. The number of benzene rings is 1. The van der Waals surface area contributed by atoms with E-state index in [4.69, 9.17) is 0 Å².